The average molecular weight is 215 g/mol. The van der Waals surface area contributed by atoms with E-state index in [9.17, 15) is 0 Å². The van der Waals surface area contributed by atoms with E-state index in [0.29, 0.717) is 0 Å². The lowest BCUT2D eigenvalue weighted by atomic mass is 10.1. The Hall–Kier alpha value is -0.610. The van der Waals surface area contributed by atoms with Gasteiger partial charge in [0, 0.05) is 25.9 Å². The molecule has 0 aromatic heterocycles. The maximum atomic E-state index is 8.52. The lowest BCUT2D eigenvalue weighted by molar-refractivity contribution is 0.260. The molecule has 15 heavy (non-hydrogen) atoms. The van der Waals surface area contributed by atoms with Crippen molar-refractivity contribution in [2.24, 2.45) is 5.16 Å². The van der Waals surface area contributed by atoms with Gasteiger partial charge in [-0.3, -0.25) is 0 Å². The van der Waals surface area contributed by atoms with Crippen LogP contribution in [0.15, 0.2) is 5.16 Å². The summed E-state index contributed by atoms with van der Waals surface area (Å²) in [5.74, 6) is 0. The Morgan fingerprint density at radius 3 is 2.27 bits per heavy atom. The minimum atomic E-state index is 0.945. The summed E-state index contributed by atoms with van der Waals surface area (Å²) < 4.78 is 0. The maximum absolute atomic E-state index is 8.52. The average Bonchev–Trinajstić information content (AvgIpc) is 2.28. The Balaban J connectivity index is 0.000000583. The van der Waals surface area contributed by atoms with Crippen LogP contribution in [-0.2, 0) is 0 Å². The number of oxime groups is 1. The number of likely N-dealkylation sites (tertiary alicyclic amines) is 1. The zero-order valence-corrected chi connectivity index (χ0v) is 10.3. The van der Waals surface area contributed by atoms with Gasteiger partial charge >= 0.3 is 0 Å². The van der Waals surface area contributed by atoms with Gasteiger partial charge in [-0.1, -0.05) is 18.5 Å². The minimum Gasteiger partial charge on any atom is -0.411 e. The molecule has 90 valence electrons. The van der Waals surface area contributed by atoms with Crippen LogP contribution < -0.4 is 5.32 Å². The smallest absolute Gasteiger partial charge is 0.0596 e. The van der Waals surface area contributed by atoms with E-state index in [4.69, 9.17) is 5.21 Å². The molecule has 4 heteroatoms. The molecule has 1 saturated heterocycles. The topological polar surface area (TPSA) is 47.9 Å². The van der Waals surface area contributed by atoms with Crippen LogP contribution in [0.25, 0.3) is 0 Å². The Bertz CT molecular complexity index is 161. The summed E-state index contributed by atoms with van der Waals surface area (Å²) in [6, 6.07) is 0. The van der Waals surface area contributed by atoms with Crippen LogP contribution in [-0.4, -0.2) is 49.5 Å². The molecule has 4 nitrogen and oxygen atoms in total. The van der Waals surface area contributed by atoms with Gasteiger partial charge in [-0.05, 0) is 27.1 Å². The molecule has 0 saturated carbocycles. The number of hydrogen-bond acceptors (Lipinski definition) is 4. The molecular formula is C11H25N3O. The van der Waals surface area contributed by atoms with Gasteiger partial charge in [-0.15, -0.1) is 0 Å². The monoisotopic (exact) mass is 215 g/mol. The first kappa shape index (κ1) is 14.4. The summed E-state index contributed by atoms with van der Waals surface area (Å²) in [5.41, 5.74) is 0.961. The normalized spacial score (nSPS) is 16.9. The third-order valence-electron chi connectivity index (χ3n) is 2.40. The van der Waals surface area contributed by atoms with Crippen LogP contribution in [0.3, 0.4) is 0 Å². The first-order valence-corrected chi connectivity index (χ1v) is 5.79. The van der Waals surface area contributed by atoms with Crippen LogP contribution in [0.1, 0.15) is 32.6 Å². The van der Waals surface area contributed by atoms with Crippen molar-refractivity contribution in [1.82, 2.24) is 10.2 Å². The zero-order chi connectivity index (χ0) is 11.5. The number of nitrogens with one attached hydrogen (secondary N) is 1. The maximum Gasteiger partial charge on any atom is 0.0596 e. The van der Waals surface area contributed by atoms with Gasteiger partial charge in [0.2, 0.25) is 0 Å². The van der Waals surface area contributed by atoms with Gasteiger partial charge in [-0.2, -0.15) is 0 Å². The lowest BCUT2D eigenvalue weighted by Crippen LogP contribution is -2.34. The first-order valence-electron chi connectivity index (χ1n) is 5.79. The third-order valence-corrected chi connectivity index (χ3v) is 2.40. The van der Waals surface area contributed by atoms with Gasteiger partial charge in [0.05, 0.1) is 5.71 Å². The predicted molar refractivity (Wildman–Crippen MR) is 64.8 cm³/mol. The fourth-order valence-electron chi connectivity index (χ4n) is 1.52. The number of hydrogen-bond donors (Lipinski definition) is 2. The summed E-state index contributed by atoms with van der Waals surface area (Å²) in [7, 11) is 3.75. The highest BCUT2D eigenvalue weighted by molar-refractivity contribution is 5.84. The predicted octanol–water partition coefficient (Wildman–Crippen LogP) is 1.55. The number of unbranched alkanes of at least 4 members (excludes halogenated alkanes) is 1. The molecule has 0 atom stereocenters. The van der Waals surface area contributed by atoms with Gasteiger partial charge < -0.3 is 15.4 Å². The Kier molecular flexibility index (Phi) is 9.52. The Labute approximate surface area is 93.3 Å². The SMILES string of the molecule is CCCCN1CCC(=NO)CC1.CNC. The molecule has 0 aromatic rings. The second-order valence-electron chi connectivity index (χ2n) is 3.86. The second-order valence-corrected chi connectivity index (χ2v) is 3.86. The molecule has 1 aliphatic heterocycles. The van der Waals surface area contributed by atoms with Gasteiger partial charge in [-0.25, -0.2) is 0 Å². The molecule has 0 radical (unpaired) electrons. The molecule has 2 N–H and O–H groups in total. The van der Waals surface area contributed by atoms with Gasteiger partial charge in [0.1, 0.15) is 0 Å². The fraction of sp³-hybridized carbons (Fsp3) is 0.909. The van der Waals surface area contributed by atoms with Crippen molar-refractivity contribution in [3.63, 3.8) is 0 Å². The van der Waals surface area contributed by atoms with Crippen molar-refractivity contribution in [2.75, 3.05) is 33.7 Å². The fourth-order valence-corrected chi connectivity index (χ4v) is 1.52. The number of piperidine rings is 1. The van der Waals surface area contributed by atoms with E-state index in [1.807, 2.05) is 14.1 Å². The van der Waals surface area contributed by atoms with Crippen LogP contribution in [0.4, 0.5) is 0 Å². The highest BCUT2D eigenvalue weighted by Crippen LogP contribution is 2.07. The summed E-state index contributed by atoms with van der Waals surface area (Å²) >= 11 is 0. The number of nitrogens with zero attached hydrogens (tertiary/aromatic N) is 2. The van der Waals surface area contributed by atoms with Crippen LogP contribution in [0.2, 0.25) is 0 Å². The van der Waals surface area contributed by atoms with Crippen molar-refractivity contribution >= 4 is 5.71 Å². The lowest BCUT2D eigenvalue weighted by Gasteiger charge is -2.26. The molecule has 0 aliphatic carbocycles. The van der Waals surface area contributed by atoms with Crippen molar-refractivity contribution in [2.45, 2.75) is 32.6 Å². The molecule has 1 fully saturated rings. The van der Waals surface area contributed by atoms with Gasteiger partial charge in [0.25, 0.3) is 0 Å². The summed E-state index contributed by atoms with van der Waals surface area (Å²) in [4.78, 5) is 2.44. The van der Waals surface area contributed by atoms with E-state index in [-0.39, 0.29) is 0 Å². The van der Waals surface area contributed by atoms with E-state index < -0.39 is 0 Å². The van der Waals surface area contributed by atoms with E-state index in [2.05, 4.69) is 22.3 Å². The standard InChI is InChI=1S/C9H18N2O.C2H7N/c1-2-3-6-11-7-4-9(10-12)5-8-11;1-3-2/h12H,2-8H2,1H3;3H,1-2H3. The van der Waals surface area contributed by atoms with E-state index >= 15 is 0 Å². The minimum absolute atomic E-state index is 0.945. The second kappa shape index (κ2) is 9.93. The zero-order valence-electron chi connectivity index (χ0n) is 10.3. The molecule has 0 amide bonds. The molecular weight excluding hydrogens is 190 g/mol. The Morgan fingerprint density at radius 1 is 1.33 bits per heavy atom. The molecule has 1 aliphatic rings. The van der Waals surface area contributed by atoms with Crippen molar-refractivity contribution in [3.8, 4) is 0 Å². The molecule has 0 unspecified atom stereocenters. The first-order chi connectivity index (χ1) is 7.28. The van der Waals surface area contributed by atoms with Crippen LogP contribution in [0, 0.1) is 0 Å². The molecule has 1 rings (SSSR count). The highest BCUT2D eigenvalue weighted by atomic mass is 16.4. The number of rotatable bonds is 3. The highest BCUT2D eigenvalue weighted by Gasteiger charge is 2.13. The van der Waals surface area contributed by atoms with E-state index in [0.717, 1.165) is 31.6 Å². The van der Waals surface area contributed by atoms with Crippen LogP contribution >= 0.6 is 0 Å². The third kappa shape index (κ3) is 7.33. The van der Waals surface area contributed by atoms with E-state index in [1.165, 1.54) is 19.4 Å². The van der Waals surface area contributed by atoms with E-state index in [1.54, 1.807) is 0 Å². The van der Waals surface area contributed by atoms with Gasteiger partial charge in [0.15, 0.2) is 0 Å². The molecule has 0 aromatic carbocycles. The molecule has 0 spiro atoms. The van der Waals surface area contributed by atoms with Crippen molar-refractivity contribution in [1.29, 1.82) is 0 Å². The molecule has 1 heterocycles. The molecule has 0 bridgehead atoms. The largest absolute Gasteiger partial charge is 0.411 e. The van der Waals surface area contributed by atoms with Crippen LogP contribution in [0.5, 0.6) is 0 Å². The Morgan fingerprint density at radius 2 is 1.87 bits per heavy atom. The quantitative estimate of drug-likeness (QED) is 0.554. The van der Waals surface area contributed by atoms with Crippen molar-refractivity contribution < 1.29 is 5.21 Å². The van der Waals surface area contributed by atoms with Crippen molar-refractivity contribution in [3.05, 3.63) is 0 Å². The summed E-state index contributed by atoms with van der Waals surface area (Å²) in [6.07, 6.45) is 4.43. The summed E-state index contributed by atoms with van der Waals surface area (Å²) in [6.45, 7) is 5.55. The summed E-state index contributed by atoms with van der Waals surface area (Å²) in [5, 5.41) is 14.5.